The number of rotatable bonds is 3. The highest BCUT2D eigenvalue weighted by atomic mass is 16.3. The molecule has 0 spiro atoms. The van der Waals surface area contributed by atoms with Crippen molar-refractivity contribution in [3.63, 3.8) is 0 Å². The van der Waals surface area contributed by atoms with E-state index in [1.165, 1.54) is 14.1 Å². The lowest BCUT2D eigenvalue weighted by atomic mass is 10.2. The van der Waals surface area contributed by atoms with E-state index in [9.17, 15) is 14.7 Å². The summed E-state index contributed by atoms with van der Waals surface area (Å²) in [5.74, 6) is -0.402. The van der Waals surface area contributed by atoms with Gasteiger partial charge in [0.15, 0.2) is 0 Å². The minimum Gasteiger partial charge on any atom is -0.494 e. The Balaban J connectivity index is 2.49. The molecule has 0 aliphatic carbocycles. The van der Waals surface area contributed by atoms with Crippen LogP contribution in [-0.2, 0) is 14.1 Å². The van der Waals surface area contributed by atoms with Gasteiger partial charge < -0.3 is 5.11 Å². The van der Waals surface area contributed by atoms with Crippen molar-refractivity contribution in [2.75, 3.05) is 5.43 Å². The van der Waals surface area contributed by atoms with Gasteiger partial charge in [-0.05, 0) is 25.5 Å². The van der Waals surface area contributed by atoms with Crippen LogP contribution >= 0.6 is 0 Å². The Morgan fingerprint density at radius 1 is 1.18 bits per heavy atom. The number of nitrogens with zero attached hydrogens (tertiary/aromatic N) is 3. The van der Waals surface area contributed by atoms with E-state index in [0.717, 1.165) is 20.4 Å². The number of aromatic hydroxyl groups is 1. The fourth-order valence-electron chi connectivity index (χ4n) is 2.05. The quantitative estimate of drug-likeness (QED) is 0.652. The number of aryl methyl sites for hydroxylation is 1. The minimum atomic E-state index is -0.592. The Bertz CT molecular complexity index is 862. The van der Waals surface area contributed by atoms with Crippen LogP contribution in [0.4, 0.5) is 5.69 Å². The molecule has 7 nitrogen and oxygen atoms in total. The second kappa shape index (κ2) is 5.88. The topological polar surface area (TPSA) is 88.6 Å². The molecule has 0 saturated carbocycles. The summed E-state index contributed by atoms with van der Waals surface area (Å²) < 4.78 is 1.94. The maximum atomic E-state index is 12.2. The third-order valence-electron chi connectivity index (χ3n) is 3.48. The molecule has 7 heteroatoms. The minimum absolute atomic E-state index is 0.00863. The summed E-state index contributed by atoms with van der Waals surface area (Å²) in [4.78, 5) is 23.9. The molecule has 1 heterocycles. The highest BCUT2D eigenvalue weighted by Gasteiger charge is 2.17. The van der Waals surface area contributed by atoms with Crippen molar-refractivity contribution in [1.82, 2.24) is 9.13 Å². The van der Waals surface area contributed by atoms with Crippen LogP contribution in [0.3, 0.4) is 0 Å². The Labute approximate surface area is 127 Å². The Morgan fingerprint density at radius 3 is 2.45 bits per heavy atom. The van der Waals surface area contributed by atoms with Crippen LogP contribution in [0, 0.1) is 6.92 Å². The maximum absolute atomic E-state index is 12.2. The second-order valence-corrected chi connectivity index (χ2v) is 5.03. The van der Waals surface area contributed by atoms with Crippen LogP contribution < -0.4 is 16.7 Å². The summed E-state index contributed by atoms with van der Waals surface area (Å²) in [6, 6.07) is 7.55. The van der Waals surface area contributed by atoms with E-state index < -0.39 is 17.1 Å². The lowest BCUT2D eigenvalue weighted by molar-refractivity contribution is 0.410. The van der Waals surface area contributed by atoms with E-state index >= 15 is 0 Å². The zero-order valence-corrected chi connectivity index (χ0v) is 12.9. The van der Waals surface area contributed by atoms with Gasteiger partial charge in [-0.2, -0.15) is 5.10 Å². The highest BCUT2D eigenvalue weighted by Crippen LogP contribution is 2.14. The van der Waals surface area contributed by atoms with E-state index in [4.69, 9.17) is 0 Å². The number of aromatic nitrogens is 2. The second-order valence-electron chi connectivity index (χ2n) is 5.03. The van der Waals surface area contributed by atoms with Gasteiger partial charge in [0.05, 0.1) is 11.4 Å². The van der Waals surface area contributed by atoms with E-state index in [2.05, 4.69) is 10.5 Å². The number of anilines is 1. The highest BCUT2D eigenvalue weighted by molar-refractivity contribution is 6.00. The molecular formula is C15H18N4O3. The van der Waals surface area contributed by atoms with Crippen molar-refractivity contribution < 1.29 is 5.11 Å². The average molecular weight is 302 g/mol. The number of nitrogens with one attached hydrogen (secondary N) is 1. The first-order valence-corrected chi connectivity index (χ1v) is 6.70. The van der Waals surface area contributed by atoms with Gasteiger partial charge in [0, 0.05) is 14.1 Å². The van der Waals surface area contributed by atoms with Gasteiger partial charge in [-0.15, -0.1) is 0 Å². The fraction of sp³-hybridized carbons (Fsp3) is 0.267. The van der Waals surface area contributed by atoms with Crippen molar-refractivity contribution in [1.29, 1.82) is 0 Å². The number of para-hydroxylation sites is 1. The molecule has 2 rings (SSSR count). The molecule has 0 fully saturated rings. The summed E-state index contributed by atoms with van der Waals surface area (Å²) in [5, 5.41) is 14.2. The molecule has 0 atom stereocenters. The van der Waals surface area contributed by atoms with Gasteiger partial charge in [0.25, 0.3) is 5.56 Å². The molecule has 0 bridgehead atoms. The number of hydrogen-bond acceptors (Lipinski definition) is 5. The number of benzene rings is 1. The van der Waals surface area contributed by atoms with Crippen LogP contribution in [0.15, 0.2) is 39.0 Å². The number of hydrazone groups is 1. The fourth-order valence-corrected chi connectivity index (χ4v) is 2.05. The summed E-state index contributed by atoms with van der Waals surface area (Å²) >= 11 is 0. The first kappa shape index (κ1) is 15.6. The standard InChI is InChI=1S/C15H18N4O3/c1-9-7-5-6-8-11(9)17-16-10(2)12-13(20)18(3)15(22)19(4)14(12)21/h5-8,17,20H,1-4H3. The molecule has 22 heavy (non-hydrogen) atoms. The molecule has 0 radical (unpaired) electrons. The third kappa shape index (κ3) is 2.65. The lowest BCUT2D eigenvalue weighted by Crippen LogP contribution is -2.39. The van der Waals surface area contributed by atoms with Gasteiger partial charge in [0.2, 0.25) is 5.88 Å². The molecule has 0 saturated heterocycles. The van der Waals surface area contributed by atoms with Gasteiger partial charge in [-0.1, -0.05) is 18.2 Å². The first-order valence-electron chi connectivity index (χ1n) is 6.70. The molecule has 0 amide bonds. The monoisotopic (exact) mass is 302 g/mol. The third-order valence-corrected chi connectivity index (χ3v) is 3.48. The smallest absolute Gasteiger partial charge is 0.333 e. The summed E-state index contributed by atoms with van der Waals surface area (Å²) in [6.07, 6.45) is 0. The van der Waals surface area contributed by atoms with Gasteiger partial charge in [-0.25, -0.2) is 4.79 Å². The summed E-state index contributed by atoms with van der Waals surface area (Å²) in [6.45, 7) is 3.52. The van der Waals surface area contributed by atoms with Gasteiger partial charge in [0.1, 0.15) is 5.56 Å². The zero-order valence-electron chi connectivity index (χ0n) is 12.9. The summed E-state index contributed by atoms with van der Waals surface area (Å²) in [5.41, 5.74) is 3.75. The Hall–Kier alpha value is -2.83. The summed E-state index contributed by atoms with van der Waals surface area (Å²) in [7, 11) is 2.75. The SMILES string of the molecule is CC(=NNc1ccccc1C)c1c(O)n(C)c(=O)n(C)c1=O. The predicted molar refractivity (Wildman–Crippen MR) is 85.6 cm³/mol. The van der Waals surface area contributed by atoms with E-state index in [1.807, 2.05) is 31.2 Å². The van der Waals surface area contributed by atoms with Crippen molar-refractivity contribution in [3.8, 4) is 5.88 Å². The molecule has 2 N–H and O–H groups in total. The lowest BCUT2D eigenvalue weighted by Gasteiger charge is -2.10. The van der Waals surface area contributed by atoms with Crippen LogP contribution in [0.1, 0.15) is 18.1 Å². The van der Waals surface area contributed by atoms with Crippen molar-refractivity contribution in [3.05, 3.63) is 56.2 Å². The molecule has 0 unspecified atom stereocenters. The number of hydrogen-bond donors (Lipinski definition) is 2. The Morgan fingerprint density at radius 2 is 1.82 bits per heavy atom. The normalized spacial score (nSPS) is 11.5. The molecule has 0 aliphatic rings. The largest absolute Gasteiger partial charge is 0.494 e. The molecule has 116 valence electrons. The Kier molecular flexibility index (Phi) is 4.16. The van der Waals surface area contributed by atoms with E-state index in [0.29, 0.717) is 0 Å². The van der Waals surface area contributed by atoms with Crippen LogP contribution in [0.2, 0.25) is 0 Å². The van der Waals surface area contributed by atoms with Crippen LogP contribution in [-0.4, -0.2) is 20.0 Å². The van der Waals surface area contributed by atoms with Crippen molar-refractivity contribution in [2.24, 2.45) is 19.2 Å². The first-order chi connectivity index (χ1) is 10.3. The van der Waals surface area contributed by atoms with Gasteiger partial charge in [-0.3, -0.25) is 19.4 Å². The van der Waals surface area contributed by atoms with Crippen LogP contribution in [0.25, 0.3) is 0 Å². The molecular weight excluding hydrogens is 284 g/mol. The van der Waals surface area contributed by atoms with Crippen molar-refractivity contribution >= 4 is 11.4 Å². The van der Waals surface area contributed by atoms with Crippen molar-refractivity contribution in [2.45, 2.75) is 13.8 Å². The van der Waals surface area contributed by atoms with E-state index in [1.54, 1.807) is 6.92 Å². The molecule has 2 aromatic rings. The van der Waals surface area contributed by atoms with Gasteiger partial charge >= 0.3 is 5.69 Å². The molecule has 1 aromatic carbocycles. The van der Waals surface area contributed by atoms with Crippen LogP contribution in [0.5, 0.6) is 5.88 Å². The zero-order chi connectivity index (χ0) is 16.4. The maximum Gasteiger partial charge on any atom is 0.333 e. The average Bonchev–Trinajstić information content (AvgIpc) is 2.50. The molecule has 0 aliphatic heterocycles. The predicted octanol–water partition coefficient (Wildman–Crippen LogP) is 0.934. The molecule has 1 aromatic heterocycles. The van der Waals surface area contributed by atoms with E-state index in [-0.39, 0.29) is 11.3 Å².